The molecule has 0 radical (unpaired) electrons. The Morgan fingerprint density at radius 3 is 2.55 bits per heavy atom. The summed E-state index contributed by atoms with van der Waals surface area (Å²) >= 11 is 0. The van der Waals surface area contributed by atoms with Crippen molar-refractivity contribution in [2.45, 2.75) is 53.0 Å². The number of carbonyl (C=O) groups is 1. The van der Waals surface area contributed by atoms with Crippen LogP contribution >= 0.6 is 0 Å². The molecule has 112 valence electrons. The molecule has 1 rings (SSSR count). The van der Waals surface area contributed by atoms with E-state index >= 15 is 0 Å². The quantitative estimate of drug-likeness (QED) is 0.804. The van der Waals surface area contributed by atoms with Gasteiger partial charge in [0.25, 0.3) is 5.91 Å². The molecule has 4 nitrogen and oxygen atoms in total. The molecule has 1 aromatic heterocycles. The van der Waals surface area contributed by atoms with E-state index in [2.05, 4.69) is 43.3 Å². The number of nitrogens with one attached hydrogen (secondary N) is 2. The Morgan fingerprint density at radius 2 is 2.00 bits per heavy atom. The summed E-state index contributed by atoms with van der Waals surface area (Å²) < 4.78 is 0. The van der Waals surface area contributed by atoms with Gasteiger partial charge in [-0.3, -0.25) is 4.79 Å². The van der Waals surface area contributed by atoms with Crippen molar-refractivity contribution in [2.75, 3.05) is 12.4 Å². The first-order valence-corrected chi connectivity index (χ1v) is 7.51. The molecule has 0 fully saturated rings. The van der Waals surface area contributed by atoms with E-state index in [0.29, 0.717) is 11.5 Å². The average molecular weight is 277 g/mol. The lowest BCUT2D eigenvalue weighted by Gasteiger charge is -2.20. The number of pyridine rings is 1. The van der Waals surface area contributed by atoms with Crippen molar-refractivity contribution < 1.29 is 4.79 Å². The monoisotopic (exact) mass is 277 g/mol. The van der Waals surface area contributed by atoms with E-state index < -0.39 is 0 Å². The van der Waals surface area contributed by atoms with Gasteiger partial charge in [-0.1, -0.05) is 33.6 Å². The minimum Gasteiger partial charge on any atom is -0.373 e. The van der Waals surface area contributed by atoms with E-state index in [4.69, 9.17) is 0 Å². The highest BCUT2D eigenvalue weighted by atomic mass is 16.1. The van der Waals surface area contributed by atoms with E-state index in [1.54, 1.807) is 6.07 Å². The van der Waals surface area contributed by atoms with E-state index in [1.165, 1.54) is 0 Å². The van der Waals surface area contributed by atoms with E-state index in [-0.39, 0.29) is 11.9 Å². The molecule has 2 N–H and O–H groups in total. The number of nitrogens with zero attached hydrogens (tertiary/aromatic N) is 1. The summed E-state index contributed by atoms with van der Waals surface area (Å²) in [7, 11) is 1.82. The predicted octanol–water partition coefficient (Wildman–Crippen LogP) is 3.24. The third-order valence-corrected chi connectivity index (χ3v) is 3.76. The highest BCUT2D eigenvalue weighted by Crippen LogP contribution is 2.13. The van der Waals surface area contributed by atoms with Crippen LogP contribution in [0.25, 0.3) is 0 Å². The first-order chi connectivity index (χ1) is 9.51. The molecule has 0 aromatic carbocycles. The van der Waals surface area contributed by atoms with Gasteiger partial charge < -0.3 is 10.6 Å². The zero-order valence-corrected chi connectivity index (χ0v) is 13.3. The van der Waals surface area contributed by atoms with Crippen LogP contribution in [-0.2, 0) is 6.42 Å². The fourth-order valence-electron chi connectivity index (χ4n) is 2.02. The van der Waals surface area contributed by atoms with Gasteiger partial charge in [0.05, 0.1) is 0 Å². The van der Waals surface area contributed by atoms with Crippen LogP contribution in [0.4, 0.5) is 5.82 Å². The van der Waals surface area contributed by atoms with Crippen LogP contribution in [0.15, 0.2) is 12.1 Å². The second kappa shape index (κ2) is 7.88. The normalized spacial score (nSPS) is 13.7. The molecule has 0 spiro atoms. The van der Waals surface area contributed by atoms with Crippen molar-refractivity contribution in [3.63, 3.8) is 0 Å². The first-order valence-electron chi connectivity index (χ1n) is 7.51. The highest BCUT2D eigenvalue weighted by Gasteiger charge is 2.15. The molecule has 1 heterocycles. The molecule has 0 aliphatic heterocycles. The Bertz CT molecular complexity index is 445. The lowest BCUT2D eigenvalue weighted by Crippen LogP contribution is -2.37. The Labute approximate surface area is 122 Å². The fraction of sp³-hybridized carbons (Fsp3) is 0.625. The number of rotatable bonds is 7. The Kier molecular flexibility index (Phi) is 6.49. The van der Waals surface area contributed by atoms with Gasteiger partial charge in [-0.15, -0.1) is 0 Å². The number of aromatic nitrogens is 1. The molecule has 0 saturated carbocycles. The van der Waals surface area contributed by atoms with Gasteiger partial charge in [0, 0.05) is 24.3 Å². The van der Waals surface area contributed by atoms with Crippen molar-refractivity contribution in [3.05, 3.63) is 23.4 Å². The number of hydrogen-bond acceptors (Lipinski definition) is 3. The maximum atomic E-state index is 12.3. The first kappa shape index (κ1) is 16.5. The number of amides is 1. The van der Waals surface area contributed by atoms with Gasteiger partial charge in [0.15, 0.2) is 0 Å². The molecule has 20 heavy (non-hydrogen) atoms. The van der Waals surface area contributed by atoms with Gasteiger partial charge in [0.2, 0.25) is 0 Å². The molecule has 0 bridgehead atoms. The van der Waals surface area contributed by atoms with Gasteiger partial charge in [-0.25, -0.2) is 4.98 Å². The van der Waals surface area contributed by atoms with Gasteiger partial charge >= 0.3 is 0 Å². The van der Waals surface area contributed by atoms with Crippen LogP contribution < -0.4 is 10.6 Å². The van der Waals surface area contributed by atoms with Crippen LogP contribution in [0.3, 0.4) is 0 Å². The highest BCUT2D eigenvalue weighted by molar-refractivity contribution is 5.95. The third kappa shape index (κ3) is 4.51. The van der Waals surface area contributed by atoms with Gasteiger partial charge in [-0.2, -0.15) is 0 Å². The predicted molar refractivity (Wildman–Crippen MR) is 84.2 cm³/mol. The Balaban J connectivity index is 2.88. The zero-order valence-electron chi connectivity index (χ0n) is 13.3. The molecule has 2 atom stereocenters. The second-order valence-corrected chi connectivity index (χ2v) is 5.38. The van der Waals surface area contributed by atoms with Crippen molar-refractivity contribution >= 4 is 11.7 Å². The minimum atomic E-state index is -0.0194. The van der Waals surface area contributed by atoms with E-state index in [1.807, 2.05) is 13.1 Å². The van der Waals surface area contributed by atoms with Crippen LogP contribution in [0.2, 0.25) is 0 Å². The number of carbonyl (C=O) groups excluding carboxylic acids is 1. The Hall–Kier alpha value is -1.58. The van der Waals surface area contributed by atoms with Crippen LogP contribution in [0, 0.1) is 5.92 Å². The van der Waals surface area contributed by atoms with E-state index in [9.17, 15) is 4.79 Å². The summed E-state index contributed by atoms with van der Waals surface area (Å²) in [5.41, 5.74) is 1.64. The van der Waals surface area contributed by atoms with Gasteiger partial charge in [-0.05, 0) is 31.4 Å². The third-order valence-electron chi connectivity index (χ3n) is 3.76. The fourth-order valence-corrected chi connectivity index (χ4v) is 2.02. The summed E-state index contributed by atoms with van der Waals surface area (Å²) in [6, 6.07) is 3.87. The number of hydrogen-bond donors (Lipinski definition) is 2. The van der Waals surface area contributed by atoms with Crippen LogP contribution in [-0.4, -0.2) is 24.0 Å². The summed E-state index contributed by atoms with van der Waals surface area (Å²) in [4.78, 5) is 16.8. The molecular weight excluding hydrogens is 250 g/mol. The molecule has 4 heteroatoms. The van der Waals surface area contributed by atoms with Gasteiger partial charge in [0.1, 0.15) is 5.82 Å². The maximum absolute atomic E-state index is 12.3. The molecule has 1 amide bonds. The number of aryl methyl sites for hydroxylation is 1. The standard InChI is InChI=1S/C16H27N3O/c1-6-8-14-9-13(10-15(17-5)19-14)16(20)18-12(4)11(3)7-2/h9-12H,6-8H2,1-5H3,(H,17,19)(H,18,20). The minimum absolute atomic E-state index is 0.0194. The van der Waals surface area contributed by atoms with Crippen molar-refractivity contribution in [1.29, 1.82) is 0 Å². The molecule has 2 unspecified atom stereocenters. The summed E-state index contributed by atoms with van der Waals surface area (Å²) in [5.74, 6) is 1.20. The smallest absolute Gasteiger partial charge is 0.251 e. The number of anilines is 1. The summed E-state index contributed by atoms with van der Waals surface area (Å²) in [5, 5.41) is 6.09. The summed E-state index contributed by atoms with van der Waals surface area (Å²) in [6.45, 7) is 8.45. The van der Waals surface area contributed by atoms with E-state index in [0.717, 1.165) is 30.8 Å². The summed E-state index contributed by atoms with van der Waals surface area (Å²) in [6.07, 6.45) is 2.96. The second-order valence-electron chi connectivity index (χ2n) is 5.38. The zero-order chi connectivity index (χ0) is 15.1. The lowest BCUT2D eigenvalue weighted by molar-refractivity contribution is 0.0928. The van der Waals surface area contributed by atoms with Crippen LogP contribution in [0.5, 0.6) is 0 Å². The molecule has 1 aromatic rings. The maximum Gasteiger partial charge on any atom is 0.251 e. The lowest BCUT2D eigenvalue weighted by atomic mass is 10.0. The molecule has 0 aliphatic rings. The topological polar surface area (TPSA) is 54.0 Å². The SMILES string of the molecule is CCCc1cc(C(=O)NC(C)C(C)CC)cc(NC)n1. The molecule has 0 aliphatic carbocycles. The molecular formula is C16H27N3O. The van der Waals surface area contributed by atoms with Crippen molar-refractivity contribution in [2.24, 2.45) is 5.92 Å². The largest absolute Gasteiger partial charge is 0.373 e. The van der Waals surface area contributed by atoms with Crippen molar-refractivity contribution in [1.82, 2.24) is 10.3 Å². The molecule has 0 saturated heterocycles. The van der Waals surface area contributed by atoms with Crippen LogP contribution in [0.1, 0.15) is 56.6 Å². The van der Waals surface area contributed by atoms with Crippen molar-refractivity contribution in [3.8, 4) is 0 Å². The average Bonchev–Trinajstić information content (AvgIpc) is 2.46. The Morgan fingerprint density at radius 1 is 1.30 bits per heavy atom.